The number of nitrogens with two attached hydrogens (primary N) is 1. The number of benzene rings is 1. The summed E-state index contributed by atoms with van der Waals surface area (Å²) in [6, 6.07) is 8.05. The Bertz CT molecular complexity index is 393. The van der Waals surface area contributed by atoms with Crippen molar-refractivity contribution >= 4 is 0 Å². The first-order valence-electron chi connectivity index (χ1n) is 5.79. The van der Waals surface area contributed by atoms with E-state index in [9.17, 15) is 0 Å². The highest BCUT2D eigenvalue weighted by Gasteiger charge is 2.12. The van der Waals surface area contributed by atoms with Gasteiger partial charge in [0.2, 0.25) is 0 Å². The minimum absolute atomic E-state index is 0.116. The van der Waals surface area contributed by atoms with Gasteiger partial charge in [0, 0.05) is 31.1 Å². The lowest BCUT2D eigenvalue weighted by Gasteiger charge is -2.19. The average Bonchev–Trinajstić information content (AvgIpc) is 2.39. The lowest BCUT2D eigenvalue weighted by Crippen LogP contribution is -2.29. The van der Waals surface area contributed by atoms with Gasteiger partial charge in [-0.1, -0.05) is 18.2 Å². The Morgan fingerprint density at radius 1 is 1.41 bits per heavy atom. The van der Waals surface area contributed by atoms with Gasteiger partial charge < -0.3 is 15.8 Å². The van der Waals surface area contributed by atoms with Crippen LogP contribution in [0.1, 0.15) is 24.9 Å². The molecule has 0 heterocycles. The van der Waals surface area contributed by atoms with Crippen molar-refractivity contribution in [2.45, 2.75) is 19.4 Å². The third-order valence-electron chi connectivity index (χ3n) is 2.57. The van der Waals surface area contributed by atoms with Gasteiger partial charge in [0.25, 0.3) is 0 Å². The fraction of sp³-hybridized carbons (Fsp3) is 0.429. The number of ether oxygens (including phenoxy) is 1. The standard InChI is InChI=1S/C14H20N2O/c1-3-4-7-10-16-13(11-15)12-8-5-6-9-14(12)17-2/h5-6,8-9,13,16H,7,10-11,15H2,1-2H3. The Kier molecular flexibility index (Phi) is 6.16. The number of hydrogen-bond acceptors (Lipinski definition) is 3. The molecule has 0 bridgehead atoms. The summed E-state index contributed by atoms with van der Waals surface area (Å²) < 4.78 is 5.33. The van der Waals surface area contributed by atoms with Crippen molar-refractivity contribution in [1.82, 2.24) is 5.32 Å². The second-order valence-corrected chi connectivity index (χ2v) is 3.66. The maximum absolute atomic E-state index is 5.79. The molecule has 3 nitrogen and oxygen atoms in total. The van der Waals surface area contributed by atoms with Gasteiger partial charge in [-0.3, -0.25) is 0 Å². The third-order valence-corrected chi connectivity index (χ3v) is 2.57. The summed E-state index contributed by atoms with van der Waals surface area (Å²) in [7, 11) is 1.68. The van der Waals surface area contributed by atoms with Crippen molar-refractivity contribution in [1.29, 1.82) is 0 Å². The molecular formula is C14H20N2O. The van der Waals surface area contributed by atoms with E-state index in [-0.39, 0.29) is 6.04 Å². The maximum Gasteiger partial charge on any atom is 0.123 e. The van der Waals surface area contributed by atoms with E-state index in [1.54, 1.807) is 7.11 Å². The normalized spacial score (nSPS) is 11.5. The highest BCUT2D eigenvalue weighted by molar-refractivity contribution is 5.36. The molecule has 0 aliphatic carbocycles. The van der Waals surface area contributed by atoms with E-state index in [1.807, 2.05) is 31.2 Å². The van der Waals surface area contributed by atoms with E-state index in [0.29, 0.717) is 6.54 Å². The molecule has 1 unspecified atom stereocenters. The second-order valence-electron chi connectivity index (χ2n) is 3.66. The molecule has 0 fully saturated rings. The van der Waals surface area contributed by atoms with Crippen LogP contribution in [0.4, 0.5) is 0 Å². The third kappa shape index (κ3) is 4.10. The van der Waals surface area contributed by atoms with Crippen LogP contribution in [-0.4, -0.2) is 20.2 Å². The summed E-state index contributed by atoms with van der Waals surface area (Å²) in [4.78, 5) is 0. The molecular weight excluding hydrogens is 212 g/mol. The van der Waals surface area contributed by atoms with Crippen LogP contribution in [0.3, 0.4) is 0 Å². The highest BCUT2D eigenvalue weighted by Crippen LogP contribution is 2.23. The first kappa shape index (κ1) is 13.6. The molecule has 0 radical (unpaired) electrons. The van der Waals surface area contributed by atoms with Crippen LogP contribution in [0.15, 0.2) is 24.3 Å². The van der Waals surface area contributed by atoms with E-state index >= 15 is 0 Å². The van der Waals surface area contributed by atoms with Crippen LogP contribution in [0.25, 0.3) is 0 Å². The summed E-state index contributed by atoms with van der Waals surface area (Å²) in [6.45, 7) is 3.22. The zero-order valence-electron chi connectivity index (χ0n) is 10.5. The van der Waals surface area contributed by atoms with Gasteiger partial charge in [-0.25, -0.2) is 0 Å². The predicted molar refractivity (Wildman–Crippen MR) is 70.9 cm³/mol. The van der Waals surface area contributed by atoms with Crippen LogP contribution in [0.2, 0.25) is 0 Å². The Balaban J connectivity index is 2.67. The van der Waals surface area contributed by atoms with E-state index in [4.69, 9.17) is 10.5 Å². The Morgan fingerprint density at radius 3 is 2.82 bits per heavy atom. The molecule has 0 saturated heterocycles. The van der Waals surface area contributed by atoms with Crippen LogP contribution in [-0.2, 0) is 0 Å². The number of para-hydroxylation sites is 1. The molecule has 0 aliphatic heterocycles. The van der Waals surface area contributed by atoms with Crippen molar-refractivity contribution in [3.05, 3.63) is 29.8 Å². The fourth-order valence-corrected chi connectivity index (χ4v) is 1.71. The zero-order chi connectivity index (χ0) is 12.5. The fourth-order valence-electron chi connectivity index (χ4n) is 1.71. The molecule has 1 aromatic rings. The summed E-state index contributed by atoms with van der Waals surface area (Å²) in [6.07, 6.45) is 0.835. The van der Waals surface area contributed by atoms with Gasteiger partial charge >= 0.3 is 0 Å². The van der Waals surface area contributed by atoms with Crippen LogP contribution < -0.4 is 15.8 Å². The minimum atomic E-state index is 0.116. The van der Waals surface area contributed by atoms with Gasteiger partial charge in [-0.15, -0.1) is 11.8 Å². The monoisotopic (exact) mass is 232 g/mol. The van der Waals surface area contributed by atoms with Gasteiger partial charge in [-0.05, 0) is 13.0 Å². The van der Waals surface area contributed by atoms with Crippen LogP contribution in [0, 0.1) is 11.8 Å². The summed E-state index contributed by atoms with van der Waals surface area (Å²) in [5, 5.41) is 3.39. The Morgan fingerprint density at radius 2 is 2.18 bits per heavy atom. The lowest BCUT2D eigenvalue weighted by atomic mass is 10.1. The SMILES string of the molecule is CC#CCCNC(CN)c1ccccc1OC. The molecule has 0 aromatic heterocycles. The number of rotatable bonds is 6. The van der Waals surface area contributed by atoms with Gasteiger partial charge in [0.1, 0.15) is 5.75 Å². The number of methoxy groups -OCH3 is 1. The van der Waals surface area contributed by atoms with Crippen LogP contribution >= 0.6 is 0 Å². The molecule has 0 spiro atoms. The molecule has 0 aliphatic rings. The van der Waals surface area contributed by atoms with E-state index < -0.39 is 0 Å². The van der Waals surface area contributed by atoms with Gasteiger partial charge in [0.05, 0.1) is 7.11 Å². The molecule has 17 heavy (non-hydrogen) atoms. The molecule has 3 N–H and O–H groups in total. The van der Waals surface area contributed by atoms with Gasteiger partial charge in [0.15, 0.2) is 0 Å². The summed E-state index contributed by atoms with van der Waals surface area (Å²) >= 11 is 0. The Labute approximate surface area is 103 Å². The molecule has 92 valence electrons. The van der Waals surface area contributed by atoms with E-state index in [2.05, 4.69) is 17.2 Å². The topological polar surface area (TPSA) is 47.3 Å². The average molecular weight is 232 g/mol. The van der Waals surface area contributed by atoms with Crippen molar-refractivity contribution in [2.24, 2.45) is 5.73 Å². The van der Waals surface area contributed by atoms with Crippen molar-refractivity contribution in [3.8, 4) is 17.6 Å². The van der Waals surface area contributed by atoms with Crippen molar-refractivity contribution in [3.63, 3.8) is 0 Å². The molecule has 3 heteroatoms. The predicted octanol–water partition coefficient (Wildman–Crippen LogP) is 1.70. The molecule has 1 rings (SSSR count). The molecule has 0 saturated carbocycles. The van der Waals surface area contributed by atoms with E-state index in [1.165, 1.54) is 0 Å². The molecule has 1 atom stereocenters. The Hall–Kier alpha value is -1.50. The first-order chi connectivity index (χ1) is 8.33. The van der Waals surface area contributed by atoms with Crippen LogP contribution in [0.5, 0.6) is 5.75 Å². The quantitative estimate of drug-likeness (QED) is 0.579. The van der Waals surface area contributed by atoms with Crippen molar-refractivity contribution in [2.75, 3.05) is 20.2 Å². The van der Waals surface area contributed by atoms with E-state index in [0.717, 1.165) is 24.3 Å². The lowest BCUT2D eigenvalue weighted by molar-refractivity contribution is 0.400. The van der Waals surface area contributed by atoms with Crippen molar-refractivity contribution < 1.29 is 4.74 Å². The summed E-state index contributed by atoms with van der Waals surface area (Å²) in [5.74, 6) is 6.77. The second kappa shape index (κ2) is 7.72. The minimum Gasteiger partial charge on any atom is -0.496 e. The first-order valence-corrected chi connectivity index (χ1v) is 5.79. The largest absolute Gasteiger partial charge is 0.496 e. The van der Waals surface area contributed by atoms with Gasteiger partial charge in [-0.2, -0.15) is 0 Å². The molecule has 1 aromatic carbocycles. The molecule has 0 amide bonds. The number of nitrogens with one attached hydrogen (secondary N) is 1. The maximum atomic E-state index is 5.79. The smallest absolute Gasteiger partial charge is 0.123 e. The number of hydrogen-bond donors (Lipinski definition) is 2. The highest BCUT2D eigenvalue weighted by atomic mass is 16.5. The summed E-state index contributed by atoms with van der Waals surface area (Å²) in [5.41, 5.74) is 6.89. The zero-order valence-corrected chi connectivity index (χ0v) is 10.5.